The molecule has 3 rings (SSSR count). The topological polar surface area (TPSA) is 64.0 Å². The molecule has 88 valence electrons. The molecule has 0 saturated heterocycles. The van der Waals surface area contributed by atoms with Crippen LogP contribution < -0.4 is 5.32 Å². The second kappa shape index (κ2) is 3.56. The van der Waals surface area contributed by atoms with Crippen LogP contribution in [0.4, 0.5) is 0 Å². The van der Waals surface area contributed by atoms with Crippen molar-refractivity contribution in [1.29, 1.82) is 0 Å². The van der Waals surface area contributed by atoms with Gasteiger partial charge in [0.05, 0.1) is 10.9 Å². The van der Waals surface area contributed by atoms with Gasteiger partial charge in [-0.3, -0.25) is 0 Å². The largest absolute Gasteiger partial charge is 0.307 e. The second-order valence-electron chi connectivity index (χ2n) is 4.53. The van der Waals surface area contributed by atoms with Crippen LogP contribution in [0.25, 0.3) is 0 Å². The van der Waals surface area contributed by atoms with E-state index in [0.717, 1.165) is 43.5 Å². The molecule has 0 atom stereocenters. The molecule has 0 spiro atoms. The van der Waals surface area contributed by atoms with Crippen molar-refractivity contribution in [3.8, 4) is 0 Å². The SMILES string of the molecule is O=S(=O)(C1CCCC1)n1cc2c(n1)CNC2. The third-order valence-electron chi connectivity index (χ3n) is 3.45. The predicted molar refractivity (Wildman–Crippen MR) is 59.3 cm³/mol. The normalized spacial score (nSPS) is 21.5. The molecule has 0 unspecified atom stereocenters. The molecule has 0 aromatic carbocycles. The average molecular weight is 241 g/mol. The van der Waals surface area contributed by atoms with Crippen LogP contribution in [0.2, 0.25) is 0 Å². The maximum atomic E-state index is 12.2. The van der Waals surface area contributed by atoms with E-state index in [9.17, 15) is 8.42 Å². The third-order valence-corrected chi connectivity index (χ3v) is 5.47. The van der Waals surface area contributed by atoms with E-state index >= 15 is 0 Å². The van der Waals surface area contributed by atoms with Gasteiger partial charge in [0.15, 0.2) is 0 Å². The average Bonchev–Trinajstić information content (AvgIpc) is 2.94. The fourth-order valence-corrected chi connectivity index (χ4v) is 4.22. The monoisotopic (exact) mass is 241 g/mol. The molecule has 1 aromatic rings. The van der Waals surface area contributed by atoms with E-state index in [4.69, 9.17) is 0 Å². The summed E-state index contributed by atoms with van der Waals surface area (Å²) in [5, 5.41) is 7.10. The van der Waals surface area contributed by atoms with Crippen molar-refractivity contribution in [2.75, 3.05) is 0 Å². The number of rotatable bonds is 2. The van der Waals surface area contributed by atoms with Gasteiger partial charge in [-0.1, -0.05) is 12.8 Å². The summed E-state index contributed by atoms with van der Waals surface area (Å²) in [6.45, 7) is 1.41. The Balaban J connectivity index is 1.96. The van der Waals surface area contributed by atoms with Gasteiger partial charge in [0.25, 0.3) is 10.0 Å². The van der Waals surface area contributed by atoms with Gasteiger partial charge >= 0.3 is 0 Å². The van der Waals surface area contributed by atoms with Crippen molar-refractivity contribution < 1.29 is 8.42 Å². The Morgan fingerprint density at radius 2 is 2.06 bits per heavy atom. The highest BCUT2D eigenvalue weighted by molar-refractivity contribution is 7.90. The van der Waals surface area contributed by atoms with E-state index in [1.165, 1.54) is 4.09 Å². The van der Waals surface area contributed by atoms with Crippen molar-refractivity contribution in [2.24, 2.45) is 0 Å². The molecule has 0 amide bonds. The number of hydrogen-bond acceptors (Lipinski definition) is 4. The Kier molecular flexibility index (Phi) is 2.29. The van der Waals surface area contributed by atoms with E-state index < -0.39 is 10.0 Å². The highest BCUT2D eigenvalue weighted by atomic mass is 32.2. The van der Waals surface area contributed by atoms with Crippen LogP contribution in [0, 0.1) is 0 Å². The quantitative estimate of drug-likeness (QED) is 0.824. The number of aromatic nitrogens is 2. The minimum atomic E-state index is -3.24. The Morgan fingerprint density at radius 3 is 2.75 bits per heavy atom. The van der Waals surface area contributed by atoms with Crippen LogP contribution in [-0.2, 0) is 23.1 Å². The summed E-state index contributed by atoms with van der Waals surface area (Å²) in [4.78, 5) is 0. The lowest BCUT2D eigenvalue weighted by Gasteiger charge is -2.10. The molecule has 2 aliphatic rings. The number of nitrogens with zero attached hydrogens (tertiary/aromatic N) is 2. The summed E-state index contributed by atoms with van der Waals surface area (Å²) in [7, 11) is -3.24. The summed E-state index contributed by atoms with van der Waals surface area (Å²) in [6.07, 6.45) is 5.28. The van der Waals surface area contributed by atoms with Crippen LogP contribution in [0.3, 0.4) is 0 Å². The van der Waals surface area contributed by atoms with Gasteiger partial charge in [0.2, 0.25) is 0 Å². The first-order valence-corrected chi connectivity index (χ1v) is 7.21. The standard InChI is InChI=1S/C10H15N3O2S/c14-16(15,9-3-1-2-4-9)13-7-8-5-11-6-10(8)12-13/h7,9,11H,1-6H2. The highest BCUT2D eigenvalue weighted by Gasteiger charge is 2.32. The Hall–Kier alpha value is -0.880. The van der Waals surface area contributed by atoms with E-state index in [-0.39, 0.29) is 5.25 Å². The van der Waals surface area contributed by atoms with E-state index in [2.05, 4.69) is 10.4 Å². The van der Waals surface area contributed by atoms with Crippen molar-refractivity contribution in [3.63, 3.8) is 0 Å². The molecular formula is C10H15N3O2S. The summed E-state index contributed by atoms with van der Waals surface area (Å²) in [5.41, 5.74) is 1.89. The third kappa shape index (κ3) is 1.48. The van der Waals surface area contributed by atoms with Gasteiger partial charge in [-0.05, 0) is 12.8 Å². The summed E-state index contributed by atoms with van der Waals surface area (Å²) in [5.74, 6) is 0. The van der Waals surface area contributed by atoms with Gasteiger partial charge < -0.3 is 5.32 Å². The molecule has 1 saturated carbocycles. The second-order valence-corrected chi connectivity index (χ2v) is 6.60. The zero-order chi connectivity index (χ0) is 11.2. The fourth-order valence-electron chi connectivity index (χ4n) is 2.50. The maximum Gasteiger partial charge on any atom is 0.256 e. The van der Waals surface area contributed by atoms with Crippen LogP contribution in [0.1, 0.15) is 36.9 Å². The van der Waals surface area contributed by atoms with E-state index in [1.807, 2.05) is 0 Å². The molecule has 6 heteroatoms. The Morgan fingerprint density at radius 1 is 1.31 bits per heavy atom. The van der Waals surface area contributed by atoms with Gasteiger partial charge in [0.1, 0.15) is 0 Å². The molecule has 0 bridgehead atoms. The number of hydrogen-bond donors (Lipinski definition) is 1. The Bertz CT molecular complexity index is 479. The van der Waals surface area contributed by atoms with E-state index in [1.54, 1.807) is 6.20 Å². The van der Waals surface area contributed by atoms with E-state index in [0.29, 0.717) is 6.54 Å². The first-order chi connectivity index (χ1) is 7.68. The van der Waals surface area contributed by atoms with Crippen LogP contribution in [0.15, 0.2) is 6.20 Å². The molecule has 1 aliphatic heterocycles. The van der Waals surface area contributed by atoms with Crippen LogP contribution in [-0.4, -0.2) is 22.9 Å². The van der Waals surface area contributed by atoms with Gasteiger partial charge in [0, 0.05) is 24.8 Å². The lowest BCUT2D eigenvalue weighted by atomic mass is 10.3. The molecule has 16 heavy (non-hydrogen) atoms. The number of fused-ring (bicyclic) bond motifs is 1. The zero-order valence-electron chi connectivity index (χ0n) is 9.02. The predicted octanol–water partition coefficient (Wildman–Crippen LogP) is 0.607. The summed E-state index contributed by atoms with van der Waals surface area (Å²) in [6, 6.07) is 0. The molecule has 1 fully saturated rings. The van der Waals surface area contributed by atoms with Crippen molar-refractivity contribution in [1.82, 2.24) is 14.5 Å². The highest BCUT2D eigenvalue weighted by Crippen LogP contribution is 2.26. The first-order valence-electron chi connectivity index (χ1n) is 5.70. The minimum absolute atomic E-state index is 0.222. The molecule has 5 nitrogen and oxygen atoms in total. The summed E-state index contributed by atoms with van der Waals surface area (Å²) < 4.78 is 25.6. The molecular weight excluding hydrogens is 226 g/mol. The molecule has 1 N–H and O–H groups in total. The van der Waals surface area contributed by atoms with Gasteiger partial charge in [-0.25, -0.2) is 8.42 Å². The van der Waals surface area contributed by atoms with Crippen LogP contribution in [0.5, 0.6) is 0 Å². The van der Waals surface area contributed by atoms with Crippen molar-refractivity contribution in [2.45, 2.75) is 44.0 Å². The lowest BCUT2D eigenvalue weighted by Crippen LogP contribution is -2.26. The van der Waals surface area contributed by atoms with Crippen molar-refractivity contribution >= 4 is 10.0 Å². The molecule has 1 aliphatic carbocycles. The lowest BCUT2D eigenvalue weighted by molar-refractivity contribution is 0.561. The number of nitrogens with one attached hydrogen (secondary N) is 1. The summed E-state index contributed by atoms with van der Waals surface area (Å²) >= 11 is 0. The smallest absolute Gasteiger partial charge is 0.256 e. The zero-order valence-corrected chi connectivity index (χ0v) is 9.83. The molecule has 1 aromatic heterocycles. The fraction of sp³-hybridized carbons (Fsp3) is 0.700. The van der Waals surface area contributed by atoms with Gasteiger partial charge in [-0.2, -0.15) is 9.19 Å². The Labute approximate surface area is 94.9 Å². The molecule has 0 radical (unpaired) electrons. The minimum Gasteiger partial charge on any atom is -0.307 e. The van der Waals surface area contributed by atoms with Crippen LogP contribution >= 0.6 is 0 Å². The molecule has 2 heterocycles. The first kappa shape index (κ1) is 10.3. The van der Waals surface area contributed by atoms with Crippen molar-refractivity contribution in [3.05, 3.63) is 17.5 Å². The maximum absolute atomic E-state index is 12.2. The van der Waals surface area contributed by atoms with Gasteiger partial charge in [-0.15, -0.1) is 0 Å².